The Morgan fingerprint density at radius 2 is 2.03 bits per heavy atom. The van der Waals surface area contributed by atoms with Crippen LogP contribution in [0, 0.1) is 0 Å². The first-order valence-electron chi connectivity index (χ1n) is 8.95. The van der Waals surface area contributed by atoms with Crippen LogP contribution in [0.1, 0.15) is 5.56 Å². The minimum Gasteiger partial charge on any atom is -0.496 e. The Morgan fingerprint density at radius 3 is 2.86 bits per heavy atom. The first-order valence-corrected chi connectivity index (χ1v) is 8.95. The molecule has 0 aliphatic rings. The van der Waals surface area contributed by atoms with Gasteiger partial charge in [0.25, 0.3) is 0 Å². The van der Waals surface area contributed by atoms with E-state index in [9.17, 15) is 4.79 Å². The third kappa shape index (κ3) is 4.29. The molecule has 9 nitrogen and oxygen atoms in total. The number of rotatable bonds is 7. The fourth-order valence-corrected chi connectivity index (χ4v) is 2.93. The standard InChI is InChI=1S/C20H19N7O2/c1-29-18-5-3-2-4-15(18)12-27-19(7-9-23-27)25-20(28)13-26-11-16(10-24-26)17-6-8-21-14-22-17/h2-11,14H,12-13H2,1H3,(H,25,28). The molecule has 0 aliphatic heterocycles. The number of hydrogen-bond acceptors (Lipinski definition) is 6. The van der Waals surface area contributed by atoms with Gasteiger partial charge in [0.15, 0.2) is 0 Å². The summed E-state index contributed by atoms with van der Waals surface area (Å²) in [5, 5.41) is 11.4. The normalized spacial score (nSPS) is 10.7. The summed E-state index contributed by atoms with van der Waals surface area (Å²) in [7, 11) is 1.63. The van der Waals surface area contributed by atoms with Gasteiger partial charge in [0.1, 0.15) is 24.4 Å². The predicted molar refractivity (Wildman–Crippen MR) is 106 cm³/mol. The molecular formula is C20H19N7O2. The number of methoxy groups -OCH3 is 1. The Kier molecular flexibility index (Phi) is 5.28. The SMILES string of the molecule is COc1ccccc1Cn1nccc1NC(=O)Cn1cc(-c2ccncn2)cn1. The zero-order valence-electron chi connectivity index (χ0n) is 15.8. The molecule has 0 saturated carbocycles. The van der Waals surface area contributed by atoms with Crippen molar-refractivity contribution >= 4 is 11.7 Å². The number of amides is 1. The van der Waals surface area contributed by atoms with Crippen LogP contribution in [0.4, 0.5) is 5.82 Å². The molecular weight excluding hydrogens is 370 g/mol. The maximum atomic E-state index is 12.5. The lowest BCUT2D eigenvalue weighted by atomic mass is 10.2. The van der Waals surface area contributed by atoms with Gasteiger partial charge in [-0.2, -0.15) is 10.2 Å². The van der Waals surface area contributed by atoms with Crippen molar-refractivity contribution in [3.63, 3.8) is 0 Å². The summed E-state index contributed by atoms with van der Waals surface area (Å²) in [5.41, 5.74) is 2.54. The monoisotopic (exact) mass is 389 g/mol. The van der Waals surface area contributed by atoms with E-state index in [0.29, 0.717) is 12.4 Å². The van der Waals surface area contributed by atoms with Crippen LogP contribution in [0.5, 0.6) is 5.75 Å². The molecule has 9 heteroatoms. The Morgan fingerprint density at radius 1 is 1.14 bits per heavy atom. The number of nitrogens with zero attached hydrogens (tertiary/aromatic N) is 6. The summed E-state index contributed by atoms with van der Waals surface area (Å²) in [6.45, 7) is 0.553. The van der Waals surface area contributed by atoms with Crippen LogP contribution >= 0.6 is 0 Å². The lowest BCUT2D eigenvalue weighted by molar-refractivity contribution is -0.116. The molecule has 4 aromatic rings. The highest BCUT2D eigenvalue weighted by molar-refractivity contribution is 5.89. The summed E-state index contributed by atoms with van der Waals surface area (Å²) in [6, 6.07) is 11.2. The van der Waals surface area contributed by atoms with Gasteiger partial charge in [-0.25, -0.2) is 14.6 Å². The Balaban J connectivity index is 1.42. The first-order chi connectivity index (χ1) is 14.2. The molecule has 4 rings (SSSR count). The van der Waals surface area contributed by atoms with Crippen molar-refractivity contribution in [2.45, 2.75) is 13.1 Å². The molecule has 29 heavy (non-hydrogen) atoms. The second-order valence-electron chi connectivity index (χ2n) is 6.26. The van der Waals surface area contributed by atoms with Gasteiger partial charge in [-0.1, -0.05) is 18.2 Å². The number of benzene rings is 1. The highest BCUT2D eigenvalue weighted by atomic mass is 16.5. The number of carbonyl (C=O) groups excluding carboxylic acids is 1. The molecule has 0 spiro atoms. The molecule has 0 atom stereocenters. The van der Waals surface area contributed by atoms with E-state index in [4.69, 9.17) is 4.74 Å². The lowest BCUT2D eigenvalue weighted by Crippen LogP contribution is -2.21. The van der Waals surface area contributed by atoms with Crippen LogP contribution < -0.4 is 10.1 Å². The van der Waals surface area contributed by atoms with Gasteiger partial charge in [-0.05, 0) is 12.1 Å². The van der Waals surface area contributed by atoms with Crippen molar-refractivity contribution < 1.29 is 9.53 Å². The zero-order chi connectivity index (χ0) is 20.1. The van der Waals surface area contributed by atoms with Crippen LogP contribution in [-0.2, 0) is 17.9 Å². The van der Waals surface area contributed by atoms with Crippen LogP contribution in [0.25, 0.3) is 11.3 Å². The van der Waals surface area contributed by atoms with Crippen molar-refractivity contribution in [3.8, 4) is 17.0 Å². The molecule has 0 aliphatic carbocycles. The average molecular weight is 389 g/mol. The summed E-state index contributed by atoms with van der Waals surface area (Å²) in [5.74, 6) is 1.17. The smallest absolute Gasteiger partial charge is 0.247 e. The first kappa shape index (κ1) is 18.4. The molecule has 0 bridgehead atoms. The third-order valence-electron chi connectivity index (χ3n) is 4.31. The molecule has 0 radical (unpaired) electrons. The van der Waals surface area contributed by atoms with Gasteiger partial charge in [-0.15, -0.1) is 0 Å². The average Bonchev–Trinajstić information content (AvgIpc) is 3.39. The number of nitrogens with one attached hydrogen (secondary N) is 1. The summed E-state index contributed by atoms with van der Waals surface area (Å²) < 4.78 is 8.66. The molecule has 1 N–H and O–H groups in total. The molecule has 1 aromatic carbocycles. The Bertz CT molecular complexity index is 1100. The van der Waals surface area contributed by atoms with E-state index < -0.39 is 0 Å². The van der Waals surface area contributed by atoms with Crippen molar-refractivity contribution in [1.29, 1.82) is 0 Å². The predicted octanol–water partition coefficient (Wildman–Crippen LogP) is 2.23. The minimum absolute atomic E-state index is 0.0743. The zero-order valence-corrected chi connectivity index (χ0v) is 15.8. The van der Waals surface area contributed by atoms with Gasteiger partial charge >= 0.3 is 0 Å². The Hall–Kier alpha value is -4.01. The topological polar surface area (TPSA) is 99.8 Å². The summed E-state index contributed by atoms with van der Waals surface area (Å²) in [4.78, 5) is 20.6. The van der Waals surface area contributed by atoms with Gasteiger partial charge in [0.05, 0.1) is 31.7 Å². The van der Waals surface area contributed by atoms with Crippen molar-refractivity contribution in [3.05, 3.63) is 73.1 Å². The maximum absolute atomic E-state index is 12.5. The van der Waals surface area contributed by atoms with Crippen LogP contribution in [-0.4, -0.2) is 42.5 Å². The van der Waals surface area contributed by atoms with Crippen LogP contribution in [0.2, 0.25) is 0 Å². The lowest BCUT2D eigenvalue weighted by Gasteiger charge is -2.11. The third-order valence-corrected chi connectivity index (χ3v) is 4.31. The number of ether oxygens (including phenoxy) is 1. The maximum Gasteiger partial charge on any atom is 0.247 e. The van der Waals surface area contributed by atoms with Crippen LogP contribution in [0.3, 0.4) is 0 Å². The van der Waals surface area contributed by atoms with Crippen molar-refractivity contribution in [2.24, 2.45) is 0 Å². The molecule has 0 unspecified atom stereocenters. The molecule has 146 valence electrons. The van der Waals surface area contributed by atoms with Crippen molar-refractivity contribution in [2.75, 3.05) is 12.4 Å². The van der Waals surface area contributed by atoms with Gasteiger partial charge < -0.3 is 10.1 Å². The Labute approximate surface area is 167 Å². The summed E-state index contributed by atoms with van der Waals surface area (Å²) >= 11 is 0. The van der Waals surface area contributed by atoms with Crippen molar-refractivity contribution in [1.82, 2.24) is 29.5 Å². The molecule has 0 fully saturated rings. The number of aromatic nitrogens is 6. The molecule has 0 saturated heterocycles. The fraction of sp³-hybridized carbons (Fsp3) is 0.150. The quantitative estimate of drug-likeness (QED) is 0.520. The van der Waals surface area contributed by atoms with Gasteiger partial charge in [0, 0.05) is 29.6 Å². The largest absolute Gasteiger partial charge is 0.496 e. The number of hydrogen-bond donors (Lipinski definition) is 1. The molecule has 1 amide bonds. The minimum atomic E-state index is -0.205. The molecule has 3 heterocycles. The van der Waals surface area contributed by atoms with Gasteiger partial charge in [0.2, 0.25) is 5.91 Å². The van der Waals surface area contributed by atoms with E-state index in [1.54, 1.807) is 53.4 Å². The highest BCUT2D eigenvalue weighted by Crippen LogP contribution is 2.20. The van der Waals surface area contributed by atoms with E-state index in [0.717, 1.165) is 22.6 Å². The molecule has 3 aromatic heterocycles. The fourth-order valence-electron chi connectivity index (χ4n) is 2.93. The van der Waals surface area contributed by atoms with E-state index in [1.807, 2.05) is 24.3 Å². The van der Waals surface area contributed by atoms with E-state index in [-0.39, 0.29) is 12.5 Å². The highest BCUT2D eigenvalue weighted by Gasteiger charge is 2.11. The van der Waals surface area contributed by atoms with E-state index >= 15 is 0 Å². The second kappa shape index (κ2) is 8.34. The van der Waals surface area contributed by atoms with Gasteiger partial charge in [-0.3, -0.25) is 9.48 Å². The second-order valence-corrected chi connectivity index (χ2v) is 6.26. The summed E-state index contributed by atoms with van der Waals surface area (Å²) in [6.07, 6.45) is 8.22. The number of carbonyl (C=O) groups is 1. The number of anilines is 1. The van der Waals surface area contributed by atoms with Crippen LogP contribution in [0.15, 0.2) is 67.5 Å². The van der Waals surface area contributed by atoms with E-state index in [2.05, 4.69) is 25.5 Å². The van der Waals surface area contributed by atoms with E-state index in [1.165, 1.54) is 6.33 Å². The number of para-hydroxylation sites is 1.